The van der Waals surface area contributed by atoms with Crippen LogP contribution in [0, 0.1) is 0 Å². The lowest BCUT2D eigenvalue weighted by molar-refractivity contribution is -0.120. The average molecular weight is 254 g/mol. The molecule has 0 radical (unpaired) electrons. The number of hydrogen-bond donors (Lipinski definition) is 3. The number of amides is 3. The topological polar surface area (TPSA) is 115 Å². The molecule has 0 fully saturated rings. The van der Waals surface area contributed by atoms with Crippen molar-refractivity contribution in [3.8, 4) is 0 Å². The summed E-state index contributed by atoms with van der Waals surface area (Å²) in [7, 11) is 0. The molecule has 4 N–H and O–H groups in total. The number of aromatic nitrogens is 3. The highest BCUT2D eigenvalue weighted by atomic mass is 16.2. The van der Waals surface area contributed by atoms with Gasteiger partial charge < -0.3 is 16.4 Å². The molecule has 0 aliphatic rings. The maximum absolute atomic E-state index is 11.5. The van der Waals surface area contributed by atoms with Crippen LogP contribution >= 0.6 is 0 Å². The zero-order valence-electron chi connectivity index (χ0n) is 10.5. The van der Waals surface area contributed by atoms with Gasteiger partial charge in [-0.25, -0.2) is 14.5 Å². The van der Waals surface area contributed by atoms with Crippen molar-refractivity contribution in [2.24, 2.45) is 5.73 Å². The van der Waals surface area contributed by atoms with Gasteiger partial charge in [-0.05, 0) is 13.3 Å². The summed E-state index contributed by atoms with van der Waals surface area (Å²) in [4.78, 5) is 26.1. The quantitative estimate of drug-likeness (QED) is 0.636. The van der Waals surface area contributed by atoms with E-state index in [0.29, 0.717) is 5.82 Å². The van der Waals surface area contributed by atoms with Crippen LogP contribution < -0.4 is 16.4 Å². The summed E-state index contributed by atoms with van der Waals surface area (Å²) in [6.07, 6.45) is 2.38. The molecule has 0 unspecified atom stereocenters. The Morgan fingerprint density at radius 2 is 2.28 bits per heavy atom. The Hall–Kier alpha value is -2.12. The van der Waals surface area contributed by atoms with Crippen molar-refractivity contribution >= 4 is 11.9 Å². The van der Waals surface area contributed by atoms with E-state index in [4.69, 9.17) is 5.73 Å². The van der Waals surface area contributed by atoms with Gasteiger partial charge in [0.05, 0.1) is 12.6 Å². The molecule has 0 aromatic carbocycles. The van der Waals surface area contributed by atoms with Crippen LogP contribution in [0.2, 0.25) is 0 Å². The molecular weight excluding hydrogens is 236 g/mol. The van der Waals surface area contributed by atoms with Crippen LogP contribution in [0.3, 0.4) is 0 Å². The number of aryl methyl sites for hydroxylation is 1. The summed E-state index contributed by atoms with van der Waals surface area (Å²) < 4.78 is 1.74. The molecule has 0 saturated heterocycles. The number of nitrogens with zero attached hydrogens (tertiary/aromatic N) is 3. The predicted molar refractivity (Wildman–Crippen MR) is 64.5 cm³/mol. The minimum absolute atomic E-state index is 0.151. The second-order valence-corrected chi connectivity index (χ2v) is 3.85. The van der Waals surface area contributed by atoms with E-state index < -0.39 is 6.03 Å². The molecule has 1 aromatic rings. The fourth-order valence-corrected chi connectivity index (χ4v) is 1.52. The molecule has 0 bridgehead atoms. The van der Waals surface area contributed by atoms with Gasteiger partial charge in [0.2, 0.25) is 5.91 Å². The standard InChI is InChI=1S/C10H18N6O2/c1-3-4-16-9(13-6-14-16)7(2)15-8(17)5-12-10(11)18/h6-7H,3-5H2,1-2H3,(H,15,17)(H3,11,12,18)/t7-/m0/s1. The SMILES string of the molecule is CCCn1ncnc1[C@H](C)NC(=O)CNC(N)=O. The van der Waals surface area contributed by atoms with Crippen LogP contribution in [0.25, 0.3) is 0 Å². The van der Waals surface area contributed by atoms with E-state index in [2.05, 4.69) is 20.7 Å². The van der Waals surface area contributed by atoms with E-state index in [1.807, 2.05) is 6.92 Å². The van der Waals surface area contributed by atoms with Gasteiger partial charge in [-0.3, -0.25) is 4.79 Å². The minimum atomic E-state index is -0.730. The minimum Gasteiger partial charge on any atom is -0.352 e. The molecule has 0 saturated carbocycles. The fraction of sp³-hybridized carbons (Fsp3) is 0.600. The van der Waals surface area contributed by atoms with Gasteiger partial charge in [0.1, 0.15) is 12.2 Å². The van der Waals surface area contributed by atoms with Crippen molar-refractivity contribution in [3.05, 3.63) is 12.2 Å². The molecule has 100 valence electrons. The molecule has 1 aromatic heterocycles. The summed E-state index contributed by atoms with van der Waals surface area (Å²) >= 11 is 0. The zero-order chi connectivity index (χ0) is 13.5. The van der Waals surface area contributed by atoms with E-state index in [1.54, 1.807) is 11.6 Å². The number of carbonyl (C=O) groups is 2. The molecule has 8 heteroatoms. The number of urea groups is 1. The molecule has 18 heavy (non-hydrogen) atoms. The molecule has 0 spiro atoms. The van der Waals surface area contributed by atoms with Crippen LogP contribution in [0.1, 0.15) is 32.1 Å². The molecule has 0 aliphatic carbocycles. The Bertz CT molecular complexity index is 416. The molecule has 1 atom stereocenters. The molecule has 1 heterocycles. The van der Waals surface area contributed by atoms with E-state index in [9.17, 15) is 9.59 Å². The lowest BCUT2D eigenvalue weighted by Gasteiger charge is -2.14. The monoisotopic (exact) mass is 254 g/mol. The van der Waals surface area contributed by atoms with Crippen molar-refractivity contribution in [2.75, 3.05) is 6.54 Å². The Kier molecular flexibility index (Phi) is 5.09. The number of nitrogens with two attached hydrogens (primary N) is 1. The zero-order valence-corrected chi connectivity index (χ0v) is 10.5. The second-order valence-electron chi connectivity index (χ2n) is 3.85. The van der Waals surface area contributed by atoms with Crippen molar-refractivity contribution < 1.29 is 9.59 Å². The van der Waals surface area contributed by atoms with Crippen LogP contribution in [0.15, 0.2) is 6.33 Å². The smallest absolute Gasteiger partial charge is 0.312 e. The Balaban J connectivity index is 2.53. The molecule has 1 rings (SSSR count). The van der Waals surface area contributed by atoms with Gasteiger partial charge in [-0.1, -0.05) is 6.92 Å². The summed E-state index contributed by atoms with van der Waals surface area (Å²) in [5.74, 6) is 0.358. The lowest BCUT2D eigenvalue weighted by atomic mass is 10.3. The Labute approximate surface area is 105 Å². The fourth-order valence-electron chi connectivity index (χ4n) is 1.52. The first-order valence-electron chi connectivity index (χ1n) is 5.75. The molecule has 0 aliphatic heterocycles. The number of hydrogen-bond acceptors (Lipinski definition) is 4. The predicted octanol–water partition coefficient (Wildman–Crippen LogP) is -0.466. The van der Waals surface area contributed by atoms with Crippen LogP contribution in [-0.2, 0) is 11.3 Å². The summed E-state index contributed by atoms with van der Waals surface area (Å²) in [5.41, 5.74) is 4.87. The molecule has 8 nitrogen and oxygen atoms in total. The highest BCUT2D eigenvalue weighted by Gasteiger charge is 2.15. The number of carbonyl (C=O) groups excluding carboxylic acids is 2. The van der Waals surface area contributed by atoms with Crippen molar-refractivity contribution in [1.29, 1.82) is 0 Å². The van der Waals surface area contributed by atoms with E-state index in [-0.39, 0.29) is 18.5 Å². The van der Waals surface area contributed by atoms with Gasteiger partial charge >= 0.3 is 6.03 Å². The van der Waals surface area contributed by atoms with Crippen molar-refractivity contribution in [1.82, 2.24) is 25.4 Å². The maximum Gasteiger partial charge on any atom is 0.312 e. The third-order valence-corrected chi connectivity index (χ3v) is 2.27. The van der Waals surface area contributed by atoms with Crippen LogP contribution in [0.5, 0.6) is 0 Å². The average Bonchev–Trinajstić information content (AvgIpc) is 2.75. The van der Waals surface area contributed by atoms with Crippen LogP contribution in [-0.4, -0.2) is 33.2 Å². The Morgan fingerprint density at radius 3 is 2.89 bits per heavy atom. The summed E-state index contributed by atoms with van der Waals surface area (Å²) in [5, 5.41) is 9.00. The Morgan fingerprint density at radius 1 is 1.56 bits per heavy atom. The summed E-state index contributed by atoms with van der Waals surface area (Å²) in [6.45, 7) is 4.43. The van der Waals surface area contributed by atoms with Gasteiger partial charge in [0.25, 0.3) is 0 Å². The maximum atomic E-state index is 11.5. The normalized spacial score (nSPS) is 11.9. The second kappa shape index (κ2) is 6.58. The number of primary amides is 1. The summed E-state index contributed by atoms with van der Waals surface area (Å²) in [6, 6.07) is -1.01. The van der Waals surface area contributed by atoms with E-state index in [0.717, 1.165) is 13.0 Å². The first kappa shape index (κ1) is 13.9. The largest absolute Gasteiger partial charge is 0.352 e. The van der Waals surface area contributed by atoms with Gasteiger partial charge in [-0.2, -0.15) is 5.10 Å². The third kappa shape index (κ3) is 4.04. The third-order valence-electron chi connectivity index (χ3n) is 2.27. The van der Waals surface area contributed by atoms with E-state index >= 15 is 0 Å². The van der Waals surface area contributed by atoms with E-state index in [1.165, 1.54) is 6.33 Å². The highest BCUT2D eigenvalue weighted by molar-refractivity contribution is 5.83. The van der Waals surface area contributed by atoms with Gasteiger partial charge in [-0.15, -0.1) is 0 Å². The lowest BCUT2D eigenvalue weighted by Crippen LogP contribution is -2.40. The van der Waals surface area contributed by atoms with Crippen molar-refractivity contribution in [3.63, 3.8) is 0 Å². The highest BCUT2D eigenvalue weighted by Crippen LogP contribution is 2.08. The van der Waals surface area contributed by atoms with Crippen molar-refractivity contribution in [2.45, 2.75) is 32.9 Å². The molecular formula is C10H18N6O2. The number of rotatable bonds is 6. The first-order chi connectivity index (χ1) is 8.54. The number of nitrogens with one attached hydrogen (secondary N) is 2. The van der Waals surface area contributed by atoms with Gasteiger partial charge in [0.15, 0.2) is 0 Å². The molecule has 3 amide bonds. The first-order valence-corrected chi connectivity index (χ1v) is 5.75. The van der Waals surface area contributed by atoms with Gasteiger partial charge in [0, 0.05) is 6.54 Å². The van der Waals surface area contributed by atoms with Crippen LogP contribution in [0.4, 0.5) is 4.79 Å².